The summed E-state index contributed by atoms with van der Waals surface area (Å²) in [4.78, 5) is 2.94. The third-order valence-corrected chi connectivity index (χ3v) is 5.49. The van der Waals surface area contributed by atoms with Crippen LogP contribution < -0.4 is 5.32 Å². The van der Waals surface area contributed by atoms with Crippen molar-refractivity contribution in [2.24, 2.45) is 0 Å². The molecule has 0 radical (unpaired) electrons. The molecular formula is C17H28N2O2S. The molecule has 1 aromatic rings. The molecule has 0 saturated carbocycles. The van der Waals surface area contributed by atoms with Crippen LogP contribution in [0.3, 0.4) is 0 Å². The summed E-state index contributed by atoms with van der Waals surface area (Å²) in [7, 11) is -3.11. The molecule has 0 amide bonds. The summed E-state index contributed by atoms with van der Waals surface area (Å²) in [6.07, 6.45) is 6.10. The van der Waals surface area contributed by atoms with Gasteiger partial charge in [0.05, 0.1) is 4.90 Å². The van der Waals surface area contributed by atoms with Crippen LogP contribution in [0.4, 0.5) is 0 Å². The van der Waals surface area contributed by atoms with Crippen LogP contribution in [0, 0.1) is 0 Å². The molecule has 4 nitrogen and oxygen atoms in total. The fourth-order valence-corrected chi connectivity index (χ4v) is 3.71. The molecule has 0 bridgehead atoms. The minimum Gasteiger partial charge on any atom is -0.314 e. The van der Waals surface area contributed by atoms with Crippen LogP contribution in [0.2, 0.25) is 0 Å². The average Bonchev–Trinajstić information content (AvgIpc) is 2.52. The normalized spacial score (nSPS) is 18.3. The van der Waals surface area contributed by atoms with E-state index in [0.29, 0.717) is 10.9 Å². The Kier molecular flexibility index (Phi) is 6.41. The van der Waals surface area contributed by atoms with Crippen LogP contribution in [0.15, 0.2) is 29.2 Å². The van der Waals surface area contributed by atoms with Crippen LogP contribution >= 0.6 is 0 Å². The molecule has 1 heterocycles. The Hall–Kier alpha value is -0.910. The van der Waals surface area contributed by atoms with Gasteiger partial charge in [-0.25, -0.2) is 8.42 Å². The molecule has 2 rings (SSSR count). The van der Waals surface area contributed by atoms with E-state index in [1.807, 2.05) is 12.1 Å². The molecule has 1 N–H and O–H groups in total. The van der Waals surface area contributed by atoms with Crippen LogP contribution in [0.25, 0.3) is 0 Å². The Morgan fingerprint density at radius 1 is 1.14 bits per heavy atom. The van der Waals surface area contributed by atoms with Gasteiger partial charge in [0.15, 0.2) is 9.84 Å². The second kappa shape index (κ2) is 8.09. The van der Waals surface area contributed by atoms with Crippen LogP contribution in [-0.2, 0) is 9.84 Å². The van der Waals surface area contributed by atoms with Crippen molar-refractivity contribution in [3.63, 3.8) is 0 Å². The van der Waals surface area contributed by atoms with Crippen LogP contribution in [0.1, 0.15) is 44.2 Å². The minimum absolute atomic E-state index is 0.405. The summed E-state index contributed by atoms with van der Waals surface area (Å²) < 4.78 is 23.2. The van der Waals surface area contributed by atoms with Crippen molar-refractivity contribution in [1.29, 1.82) is 0 Å². The number of nitrogens with one attached hydrogen (secondary N) is 1. The van der Waals surface area contributed by atoms with Crippen molar-refractivity contribution in [2.45, 2.75) is 43.5 Å². The lowest BCUT2D eigenvalue weighted by Gasteiger charge is -2.35. The van der Waals surface area contributed by atoms with Gasteiger partial charge in [0, 0.05) is 38.5 Å². The quantitative estimate of drug-likeness (QED) is 0.783. The largest absolute Gasteiger partial charge is 0.314 e. The number of nitrogens with zero attached hydrogens (tertiary/aromatic N) is 1. The maximum absolute atomic E-state index is 11.6. The summed E-state index contributed by atoms with van der Waals surface area (Å²) in [6, 6.07) is 7.89. The molecule has 1 atom stereocenters. The van der Waals surface area contributed by atoms with E-state index < -0.39 is 9.84 Å². The maximum atomic E-state index is 11.6. The summed E-state index contributed by atoms with van der Waals surface area (Å²) in [5.74, 6) is 0. The number of piperazine rings is 1. The number of hydrogen-bond acceptors (Lipinski definition) is 4. The van der Waals surface area contributed by atoms with E-state index in [2.05, 4.69) is 17.1 Å². The van der Waals surface area contributed by atoms with Crippen LogP contribution in [0.5, 0.6) is 0 Å². The van der Waals surface area contributed by atoms with Gasteiger partial charge in [0.25, 0.3) is 0 Å². The molecule has 0 aromatic heterocycles. The van der Waals surface area contributed by atoms with Gasteiger partial charge in [0.2, 0.25) is 0 Å². The van der Waals surface area contributed by atoms with E-state index in [0.717, 1.165) is 32.6 Å². The van der Waals surface area contributed by atoms with Gasteiger partial charge in [-0.3, -0.25) is 4.90 Å². The zero-order valence-corrected chi connectivity index (χ0v) is 14.5. The lowest BCUT2D eigenvalue weighted by Crippen LogP contribution is -2.45. The topological polar surface area (TPSA) is 49.4 Å². The standard InChI is InChI=1S/C17H28N2O2S/c1-3-4-5-6-17(19-13-11-18-12-14-19)15-7-9-16(10-8-15)22(2,20)21/h7-10,17-18H,3-6,11-14H2,1-2H3/t17-/m0/s1. The molecule has 1 saturated heterocycles. The number of hydrogen-bond donors (Lipinski definition) is 1. The number of sulfone groups is 1. The molecule has 0 aliphatic carbocycles. The molecule has 22 heavy (non-hydrogen) atoms. The molecule has 1 aliphatic heterocycles. The van der Waals surface area contributed by atoms with E-state index in [-0.39, 0.29) is 0 Å². The van der Waals surface area contributed by atoms with Gasteiger partial charge in [-0.2, -0.15) is 0 Å². The average molecular weight is 324 g/mol. The molecule has 1 fully saturated rings. The van der Waals surface area contributed by atoms with E-state index in [1.165, 1.54) is 31.1 Å². The maximum Gasteiger partial charge on any atom is 0.175 e. The van der Waals surface area contributed by atoms with Crippen molar-refractivity contribution in [2.75, 3.05) is 32.4 Å². The first kappa shape index (κ1) is 17.4. The summed E-state index contributed by atoms with van der Waals surface area (Å²) in [6.45, 7) is 6.41. The lowest BCUT2D eigenvalue weighted by molar-refractivity contribution is 0.162. The highest BCUT2D eigenvalue weighted by Gasteiger charge is 2.22. The predicted molar refractivity (Wildman–Crippen MR) is 90.9 cm³/mol. The van der Waals surface area contributed by atoms with Gasteiger partial charge in [0.1, 0.15) is 0 Å². The Labute approximate surface area is 134 Å². The summed E-state index contributed by atoms with van der Waals surface area (Å²) >= 11 is 0. The summed E-state index contributed by atoms with van der Waals surface area (Å²) in [5.41, 5.74) is 1.24. The second-order valence-electron chi connectivity index (χ2n) is 6.14. The molecule has 1 aliphatic rings. The fourth-order valence-electron chi connectivity index (χ4n) is 3.08. The van der Waals surface area contributed by atoms with Gasteiger partial charge >= 0.3 is 0 Å². The third kappa shape index (κ3) is 4.80. The highest BCUT2D eigenvalue weighted by molar-refractivity contribution is 7.90. The van der Waals surface area contributed by atoms with E-state index in [9.17, 15) is 8.42 Å². The Balaban J connectivity index is 2.15. The molecular weight excluding hydrogens is 296 g/mol. The van der Waals surface area contributed by atoms with Crippen molar-refractivity contribution in [3.8, 4) is 0 Å². The van der Waals surface area contributed by atoms with Gasteiger partial charge in [-0.1, -0.05) is 38.3 Å². The van der Waals surface area contributed by atoms with Gasteiger partial charge < -0.3 is 5.32 Å². The van der Waals surface area contributed by atoms with Gasteiger partial charge in [-0.05, 0) is 24.1 Å². The van der Waals surface area contributed by atoms with E-state index >= 15 is 0 Å². The van der Waals surface area contributed by atoms with Gasteiger partial charge in [-0.15, -0.1) is 0 Å². The molecule has 0 unspecified atom stereocenters. The first-order chi connectivity index (χ1) is 10.5. The van der Waals surface area contributed by atoms with Crippen LogP contribution in [-0.4, -0.2) is 45.8 Å². The number of unbranched alkanes of at least 4 members (excludes halogenated alkanes) is 2. The molecule has 1 aromatic carbocycles. The highest BCUT2D eigenvalue weighted by atomic mass is 32.2. The minimum atomic E-state index is -3.11. The van der Waals surface area contributed by atoms with Crippen molar-refractivity contribution in [3.05, 3.63) is 29.8 Å². The third-order valence-electron chi connectivity index (χ3n) is 4.37. The second-order valence-corrected chi connectivity index (χ2v) is 8.15. The first-order valence-corrected chi connectivity index (χ1v) is 10.2. The Morgan fingerprint density at radius 3 is 2.32 bits per heavy atom. The van der Waals surface area contributed by atoms with Crippen molar-refractivity contribution < 1.29 is 8.42 Å². The zero-order chi connectivity index (χ0) is 16.0. The monoisotopic (exact) mass is 324 g/mol. The Bertz CT molecular complexity index is 549. The molecule has 124 valence electrons. The van der Waals surface area contributed by atoms with Crippen molar-refractivity contribution >= 4 is 9.84 Å². The zero-order valence-electron chi connectivity index (χ0n) is 13.7. The number of benzene rings is 1. The summed E-state index contributed by atoms with van der Waals surface area (Å²) in [5, 5.41) is 3.40. The van der Waals surface area contributed by atoms with E-state index in [4.69, 9.17) is 0 Å². The molecule has 5 heteroatoms. The number of rotatable bonds is 7. The smallest absolute Gasteiger partial charge is 0.175 e. The van der Waals surface area contributed by atoms with E-state index in [1.54, 1.807) is 12.1 Å². The lowest BCUT2D eigenvalue weighted by atomic mass is 9.98. The SMILES string of the molecule is CCCCC[C@@H](c1ccc(S(C)(=O)=O)cc1)N1CCNCC1. The predicted octanol–water partition coefficient (Wildman–Crippen LogP) is 2.62. The first-order valence-electron chi connectivity index (χ1n) is 8.27. The Morgan fingerprint density at radius 2 is 1.77 bits per heavy atom. The highest BCUT2D eigenvalue weighted by Crippen LogP contribution is 2.28. The van der Waals surface area contributed by atoms with Crippen molar-refractivity contribution in [1.82, 2.24) is 10.2 Å². The molecule has 0 spiro atoms. The fraction of sp³-hybridized carbons (Fsp3) is 0.647.